The molecule has 0 amide bonds. The predicted octanol–water partition coefficient (Wildman–Crippen LogP) is 4.88. The summed E-state index contributed by atoms with van der Waals surface area (Å²) in [6.07, 6.45) is 0.404. The minimum atomic E-state index is -0.301. The number of hydrogen-bond acceptors (Lipinski definition) is 5. The summed E-state index contributed by atoms with van der Waals surface area (Å²) in [4.78, 5) is 0. The molecular formula is C19H18ClN3O3S. The third-order valence-corrected chi connectivity index (χ3v) is 4.72. The fourth-order valence-corrected chi connectivity index (χ4v) is 3.39. The van der Waals surface area contributed by atoms with Crippen LogP contribution >= 0.6 is 23.8 Å². The molecule has 6 nitrogen and oxygen atoms in total. The standard InChI is InChI=1S/C19H18ClN3O3S/c1-2-15(26-14-5-3-4-12(20)10-14)18-21-22-19(27)23(18)13-6-7-16-17(11-13)25-9-8-24-16/h3-7,10-11,15H,2,8-9H2,1H3,(H,22,27). The van der Waals surface area contributed by atoms with E-state index in [4.69, 9.17) is 38.0 Å². The van der Waals surface area contributed by atoms with Crippen molar-refractivity contribution in [1.82, 2.24) is 14.8 Å². The average molecular weight is 404 g/mol. The van der Waals surface area contributed by atoms with E-state index in [0.29, 0.717) is 46.8 Å². The van der Waals surface area contributed by atoms with Crippen molar-refractivity contribution in [2.24, 2.45) is 0 Å². The molecule has 0 saturated heterocycles. The highest BCUT2D eigenvalue weighted by Gasteiger charge is 2.22. The van der Waals surface area contributed by atoms with E-state index in [1.54, 1.807) is 12.1 Å². The van der Waals surface area contributed by atoms with Gasteiger partial charge in [-0.3, -0.25) is 9.67 Å². The molecule has 0 fully saturated rings. The second kappa shape index (κ2) is 7.62. The van der Waals surface area contributed by atoms with Crippen LogP contribution in [0.25, 0.3) is 5.69 Å². The highest BCUT2D eigenvalue weighted by Crippen LogP contribution is 2.33. The summed E-state index contributed by atoms with van der Waals surface area (Å²) in [6, 6.07) is 13.0. The van der Waals surface area contributed by atoms with Gasteiger partial charge in [-0.2, -0.15) is 5.10 Å². The first-order chi connectivity index (χ1) is 13.2. The molecule has 8 heteroatoms. The van der Waals surface area contributed by atoms with Crippen molar-refractivity contribution < 1.29 is 14.2 Å². The number of halogens is 1. The molecule has 1 atom stereocenters. The molecule has 0 saturated carbocycles. The third-order valence-electron chi connectivity index (χ3n) is 4.22. The van der Waals surface area contributed by atoms with Crippen LogP contribution in [0, 0.1) is 4.77 Å². The van der Waals surface area contributed by atoms with E-state index in [1.807, 2.05) is 41.8 Å². The number of aromatic amines is 1. The smallest absolute Gasteiger partial charge is 0.199 e. The van der Waals surface area contributed by atoms with Crippen molar-refractivity contribution in [3.8, 4) is 22.9 Å². The molecule has 1 unspecified atom stereocenters. The molecule has 27 heavy (non-hydrogen) atoms. The lowest BCUT2D eigenvalue weighted by atomic mass is 10.2. The van der Waals surface area contributed by atoms with E-state index in [2.05, 4.69) is 10.2 Å². The van der Waals surface area contributed by atoms with Crippen LogP contribution in [-0.4, -0.2) is 28.0 Å². The third kappa shape index (κ3) is 3.65. The van der Waals surface area contributed by atoms with E-state index >= 15 is 0 Å². The van der Waals surface area contributed by atoms with Crippen LogP contribution in [0.5, 0.6) is 17.2 Å². The predicted molar refractivity (Wildman–Crippen MR) is 105 cm³/mol. The largest absolute Gasteiger partial charge is 0.486 e. The molecule has 2 aromatic carbocycles. The summed E-state index contributed by atoms with van der Waals surface area (Å²) in [5, 5.41) is 7.89. The first kappa shape index (κ1) is 17.9. The SMILES string of the molecule is CCC(Oc1cccc(Cl)c1)c1n[nH]c(=S)n1-c1ccc2c(c1)OCCO2. The van der Waals surface area contributed by atoms with Gasteiger partial charge in [-0.15, -0.1) is 0 Å². The Morgan fingerprint density at radius 2 is 2.04 bits per heavy atom. The van der Waals surface area contributed by atoms with Crippen molar-refractivity contribution in [1.29, 1.82) is 0 Å². The molecule has 0 aliphatic carbocycles. The van der Waals surface area contributed by atoms with Crippen LogP contribution < -0.4 is 14.2 Å². The summed E-state index contributed by atoms with van der Waals surface area (Å²) < 4.78 is 19.7. The van der Waals surface area contributed by atoms with Gasteiger partial charge in [0.2, 0.25) is 0 Å². The fourth-order valence-electron chi connectivity index (χ4n) is 2.97. The molecule has 0 spiro atoms. The lowest BCUT2D eigenvalue weighted by Crippen LogP contribution is -2.16. The van der Waals surface area contributed by atoms with Gasteiger partial charge in [-0.25, -0.2) is 0 Å². The number of aromatic nitrogens is 3. The van der Waals surface area contributed by atoms with Gasteiger partial charge in [0.25, 0.3) is 0 Å². The Labute approximate surface area is 166 Å². The minimum Gasteiger partial charge on any atom is -0.486 e. The molecule has 1 aromatic heterocycles. The normalized spacial score (nSPS) is 14.0. The van der Waals surface area contributed by atoms with Crippen LogP contribution in [0.4, 0.5) is 0 Å². The summed E-state index contributed by atoms with van der Waals surface area (Å²) >= 11 is 11.5. The molecule has 4 rings (SSSR count). The van der Waals surface area contributed by atoms with Gasteiger partial charge in [0, 0.05) is 11.1 Å². The maximum absolute atomic E-state index is 6.13. The molecule has 0 bridgehead atoms. The fraction of sp³-hybridized carbons (Fsp3) is 0.263. The molecule has 1 N–H and O–H groups in total. The summed E-state index contributed by atoms with van der Waals surface area (Å²) in [6.45, 7) is 3.10. The van der Waals surface area contributed by atoms with Gasteiger partial charge in [0.1, 0.15) is 19.0 Å². The zero-order valence-corrected chi connectivity index (χ0v) is 16.2. The summed E-state index contributed by atoms with van der Waals surface area (Å²) in [7, 11) is 0. The molecule has 0 radical (unpaired) electrons. The Hall–Kier alpha value is -2.51. The zero-order chi connectivity index (χ0) is 18.8. The Kier molecular flexibility index (Phi) is 5.05. The summed E-state index contributed by atoms with van der Waals surface area (Å²) in [5.74, 6) is 2.77. The van der Waals surface area contributed by atoms with Crippen LogP contribution in [0.1, 0.15) is 25.3 Å². The highest BCUT2D eigenvalue weighted by atomic mass is 35.5. The number of rotatable bonds is 5. The topological polar surface area (TPSA) is 61.3 Å². The average Bonchev–Trinajstić information content (AvgIpc) is 3.07. The van der Waals surface area contributed by atoms with Crippen LogP contribution in [0.2, 0.25) is 5.02 Å². The van der Waals surface area contributed by atoms with Crippen molar-refractivity contribution >= 4 is 23.8 Å². The molecule has 1 aliphatic heterocycles. The lowest BCUT2D eigenvalue weighted by molar-refractivity contribution is 0.171. The van der Waals surface area contributed by atoms with Crippen molar-refractivity contribution in [3.63, 3.8) is 0 Å². The van der Waals surface area contributed by atoms with Crippen LogP contribution in [-0.2, 0) is 0 Å². The van der Waals surface area contributed by atoms with Gasteiger partial charge in [-0.05, 0) is 49.0 Å². The van der Waals surface area contributed by atoms with Crippen molar-refractivity contribution in [2.45, 2.75) is 19.4 Å². The van der Waals surface area contributed by atoms with E-state index in [9.17, 15) is 0 Å². The lowest BCUT2D eigenvalue weighted by Gasteiger charge is -2.21. The second-order valence-electron chi connectivity index (χ2n) is 6.02. The Balaban J connectivity index is 1.71. The molecule has 2 heterocycles. The minimum absolute atomic E-state index is 0.301. The van der Waals surface area contributed by atoms with Gasteiger partial charge in [0.15, 0.2) is 28.2 Å². The number of nitrogens with one attached hydrogen (secondary N) is 1. The number of fused-ring (bicyclic) bond motifs is 1. The Morgan fingerprint density at radius 1 is 1.22 bits per heavy atom. The molecule has 140 valence electrons. The van der Waals surface area contributed by atoms with Crippen molar-refractivity contribution in [3.05, 3.63) is 58.1 Å². The van der Waals surface area contributed by atoms with E-state index < -0.39 is 0 Å². The van der Waals surface area contributed by atoms with Gasteiger partial charge in [-0.1, -0.05) is 24.6 Å². The van der Waals surface area contributed by atoms with Crippen LogP contribution in [0.15, 0.2) is 42.5 Å². The number of hydrogen-bond donors (Lipinski definition) is 1. The summed E-state index contributed by atoms with van der Waals surface area (Å²) in [5.41, 5.74) is 0.834. The van der Waals surface area contributed by atoms with Gasteiger partial charge in [0.05, 0.1) is 5.69 Å². The van der Waals surface area contributed by atoms with Gasteiger partial charge >= 0.3 is 0 Å². The van der Waals surface area contributed by atoms with E-state index in [-0.39, 0.29) is 6.10 Å². The van der Waals surface area contributed by atoms with Gasteiger partial charge < -0.3 is 14.2 Å². The zero-order valence-electron chi connectivity index (χ0n) is 14.6. The van der Waals surface area contributed by atoms with Crippen molar-refractivity contribution in [2.75, 3.05) is 13.2 Å². The molecule has 3 aromatic rings. The first-order valence-corrected chi connectivity index (χ1v) is 9.44. The number of H-pyrrole nitrogens is 1. The molecular weight excluding hydrogens is 386 g/mol. The monoisotopic (exact) mass is 403 g/mol. The first-order valence-electron chi connectivity index (χ1n) is 8.65. The maximum Gasteiger partial charge on any atom is 0.199 e. The molecule has 1 aliphatic rings. The maximum atomic E-state index is 6.13. The van der Waals surface area contributed by atoms with E-state index in [1.165, 1.54) is 0 Å². The Morgan fingerprint density at radius 3 is 2.81 bits per heavy atom. The number of benzene rings is 2. The Bertz CT molecular complexity index is 1020. The van der Waals surface area contributed by atoms with E-state index in [0.717, 1.165) is 11.4 Å². The highest BCUT2D eigenvalue weighted by molar-refractivity contribution is 7.71. The second-order valence-corrected chi connectivity index (χ2v) is 6.85. The number of ether oxygens (including phenoxy) is 3. The quantitative estimate of drug-likeness (QED) is 0.615. The van der Waals surface area contributed by atoms with Crippen LogP contribution in [0.3, 0.4) is 0 Å². The number of nitrogens with zero attached hydrogens (tertiary/aromatic N) is 2.